The monoisotopic (exact) mass is 235 g/mol. The second-order valence-corrected chi connectivity index (χ2v) is 4.03. The predicted molar refractivity (Wildman–Crippen MR) is 65.2 cm³/mol. The smallest absolute Gasteiger partial charge is 0.228 e. The summed E-state index contributed by atoms with van der Waals surface area (Å²) in [5, 5.41) is 17.8. The van der Waals surface area contributed by atoms with E-state index in [1.807, 2.05) is 12.1 Å². The molecule has 1 fully saturated rings. The second kappa shape index (κ2) is 4.62. The number of nitrogens with zero attached hydrogens (tertiary/aromatic N) is 3. The summed E-state index contributed by atoms with van der Waals surface area (Å²) in [5.74, 6) is 2.43. The van der Waals surface area contributed by atoms with Gasteiger partial charge >= 0.3 is 0 Å². The normalized spacial score (nSPS) is 17.9. The fourth-order valence-corrected chi connectivity index (χ4v) is 1.96. The molecule has 0 spiro atoms. The number of nitriles is 2. The highest BCUT2D eigenvalue weighted by Gasteiger charge is 2.29. The largest absolute Gasteiger partial charge is 0.311 e. The minimum atomic E-state index is -0.0846. The van der Waals surface area contributed by atoms with Gasteiger partial charge in [0.2, 0.25) is 5.91 Å². The first kappa shape index (κ1) is 11.7. The summed E-state index contributed by atoms with van der Waals surface area (Å²) in [4.78, 5) is 13.3. The minimum Gasteiger partial charge on any atom is -0.311 e. The lowest BCUT2D eigenvalue weighted by molar-refractivity contribution is -0.117. The van der Waals surface area contributed by atoms with Crippen LogP contribution in [-0.2, 0) is 4.79 Å². The van der Waals surface area contributed by atoms with E-state index in [0.717, 1.165) is 0 Å². The highest BCUT2D eigenvalue weighted by atomic mass is 16.2. The minimum absolute atomic E-state index is 0.0495. The average Bonchev–Trinajstić information content (AvgIpc) is 2.79. The van der Waals surface area contributed by atoms with Crippen LogP contribution >= 0.6 is 0 Å². The summed E-state index contributed by atoms with van der Waals surface area (Å²) >= 11 is 0. The van der Waals surface area contributed by atoms with Crippen LogP contribution in [0.15, 0.2) is 18.2 Å². The van der Waals surface area contributed by atoms with Crippen LogP contribution in [0.5, 0.6) is 0 Å². The fraction of sp³-hybridized carbons (Fsp3) is 0.214. The standard InChI is InChI=1S/C14H9N3O/c1-2-10-5-14(18)17(9-10)13-4-3-11(7-15)12(6-13)8-16/h1,3-4,6,10H,5,9H2. The van der Waals surface area contributed by atoms with E-state index in [0.29, 0.717) is 24.2 Å². The van der Waals surface area contributed by atoms with E-state index >= 15 is 0 Å². The number of hydrogen-bond donors (Lipinski definition) is 0. The summed E-state index contributed by atoms with van der Waals surface area (Å²) in [5.41, 5.74) is 1.20. The van der Waals surface area contributed by atoms with Crippen LogP contribution in [0.4, 0.5) is 5.69 Å². The van der Waals surface area contributed by atoms with Gasteiger partial charge in [-0.2, -0.15) is 10.5 Å². The Kier molecular flexibility index (Phi) is 3.00. The lowest BCUT2D eigenvalue weighted by Gasteiger charge is -2.16. The molecule has 2 rings (SSSR count). The molecule has 1 aromatic carbocycles. The first-order valence-electron chi connectivity index (χ1n) is 5.40. The Morgan fingerprint density at radius 2 is 2.00 bits per heavy atom. The van der Waals surface area contributed by atoms with Crippen molar-refractivity contribution in [2.75, 3.05) is 11.4 Å². The number of amides is 1. The van der Waals surface area contributed by atoms with Crippen molar-refractivity contribution in [3.63, 3.8) is 0 Å². The molecule has 0 bridgehead atoms. The Morgan fingerprint density at radius 3 is 2.56 bits per heavy atom. The number of carbonyl (C=O) groups is 1. The van der Waals surface area contributed by atoms with E-state index in [1.165, 1.54) is 0 Å². The molecular weight excluding hydrogens is 226 g/mol. The van der Waals surface area contributed by atoms with Crippen molar-refractivity contribution in [2.24, 2.45) is 5.92 Å². The third-order valence-electron chi connectivity index (χ3n) is 2.92. The quantitative estimate of drug-likeness (QED) is 0.691. The van der Waals surface area contributed by atoms with Gasteiger partial charge in [-0.05, 0) is 18.2 Å². The van der Waals surface area contributed by atoms with E-state index in [-0.39, 0.29) is 17.4 Å². The van der Waals surface area contributed by atoms with Crippen LogP contribution in [0.25, 0.3) is 0 Å². The molecule has 1 saturated heterocycles. The lowest BCUT2D eigenvalue weighted by atomic mass is 10.1. The topological polar surface area (TPSA) is 67.9 Å². The first-order chi connectivity index (χ1) is 8.69. The number of carbonyl (C=O) groups excluding carboxylic acids is 1. The molecule has 1 atom stereocenters. The number of benzene rings is 1. The molecule has 0 saturated carbocycles. The third kappa shape index (κ3) is 1.90. The van der Waals surface area contributed by atoms with Gasteiger partial charge < -0.3 is 4.90 Å². The van der Waals surface area contributed by atoms with E-state index in [2.05, 4.69) is 5.92 Å². The molecule has 1 aliphatic rings. The maximum absolute atomic E-state index is 11.8. The van der Waals surface area contributed by atoms with E-state index in [1.54, 1.807) is 23.1 Å². The number of terminal acetylenes is 1. The summed E-state index contributed by atoms with van der Waals surface area (Å²) in [6.45, 7) is 0.464. The van der Waals surface area contributed by atoms with Crippen molar-refractivity contribution in [1.29, 1.82) is 10.5 Å². The van der Waals surface area contributed by atoms with Crippen molar-refractivity contribution < 1.29 is 4.79 Å². The molecule has 1 amide bonds. The lowest BCUT2D eigenvalue weighted by Crippen LogP contribution is -2.24. The summed E-state index contributed by atoms with van der Waals surface area (Å²) in [6, 6.07) is 8.65. The van der Waals surface area contributed by atoms with Gasteiger partial charge in [0, 0.05) is 24.6 Å². The van der Waals surface area contributed by atoms with Crippen LogP contribution in [0.3, 0.4) is 0 Å². The molecule has 0 aliphatic carbocycles. The van der Waals surface area contributed by atoms with Gasteiger partial charge in [-0.15, -0.1) is 12.3 Å². The van der Waals surface area contributed by atoms with E-state index < -0.39 is 0 Å². The molecule has 4 nitrogen and oxygen atoms in total. The number of rotatable bonds is 1. The summed E-state index contributed by atoms with van der Waals surface area (Å²) in [7, 11) is 0. The summed E-state index contributed by atoms with van der Waals surface area (Å²) in [6.07, 6.45) is 5.65. The SMILES string of the molecule is C#CC1CC(=O)N(c2ccc(C#N)c(C#N)c2)C1. The Balaban J connectivity index is 2.37. The molecular formula is C14H9N3O. The maximum atomic E-state index is 11.8. The van der Waals surface area contributed by atoms with E-state index in [9.17, 15) is 4.79 Å². The number of hydrogen-bond acceptors (Lipinski definition) is 3. The number of anilines is 1. The van der Waals surface area contributed by atoms with Crippen molar-refractivity contribution in [1.82, 2.24) is 0 Å². The van der Waals surface area contributed by atoms with Crippen molar-refractivity contribution in [3.8, 4) is 24.5 Å². The fourth-order valence-electron chi connectivity index (χ4n) is 1.96. The van der Waals surface area contributed by atoms with Crippen LogP contribution in [0.2, 0.25) is 0 Å². The van der Waals surface area contributed by atoms with Crippen LogP contribution in [-0.4, -0.2) is 12.5 Å². The van der Waals surface area contributed by atoms with Crippen LogP contribution < -0.4 is 4.90 Å². The molecule has 4 heteroatoms. The molecule has 0 N–H and O–H groups in total. The summed E-state index contributed by atoms with van der Waals surface area (Å²) < 4.78 is 0. The highest BCUT2D eigenvalue weighted by molar-refractivity contribution is 5.96. The zero-order chi connectivity index (χ0) is 13.1. The second-order valence-electron chi connectivity index (χ2n) is 4.03. The molecule has 1 aliphatic heterocycles. The molecule has 86 valence electrons. The zero-order valence-electron chi connectivity index (χ0n) is 9.55. The molecule has 0 aromatic heterocycles. The van der Waals surface area contributed by atoms with Gasteiger partial charge in [-0.25, -0.2) is 0 Å². The van der Waals surface area contributed by atoms with Gasteiger partial charge in [-0.3, -0.25) is 4.79 Å². The van der Waals surface area contributed by atoms with Crippen LogP contribution in [0.1, 0.15) is 17.5 Å². The molecule has 0 radical (unpaired) electrons. The maximum Gasteiger partial charge on any atom is 0.228 e. The average molecular weight is 235 g/mol. The molecule has 1 aromatic rings. The third-order valence-corrected chi connectivity index (χ3v) is 2.92. The van der Waals surface area contributed by atoms with Gasteiger partial charge in [0.15, 0.2) is 0 Å². The Bertz CT molecular complexity index is 628. The van der Waals surface area contributed by atoms with Crippen LogP contribution in [0, 0.1) is 40.9 Å². The van der Waals surface area contributed by atoms with Crippen molar-refractivity contribution >= 4 is 11.6 Å². The molecule has 18 heavy (non-hydrogen) atoms. The Morgan fingerprint density at radius 1 is 1.28 bits per heavy atom. The predicted octanol–water partition coefficient (Wildman–Crippen LogP) is 1.42. The Hall–Kier alpha value is -2.77. The Labute approximate surface area is 105 Å². The molecule has 1 heterocycles. The van der Waals surface area contributed by atoms with Gasteiger partial charge in [0.1, 0.15) is 12.1 Å². The molecule has 1 unspecified atom stereocenters. The van der Waals surface area contributed by atoms with Crippen molar-refractivity contribution in [3.05, 3.63) is 29.3 Å². The van der Waals surface area contributed by atoms with Crippen molar-refractivity contribution in [2.45, 2.75) is 6.42 Å². The van der Waals surface area contributed by atoms with Gasteiger partial charge in [0.05, 0.1) is 11.1 Å². The van der Waals surface area contributed by atoms with E-state index in [4.69, 9.17) is 16.9 Å². The first-order valence-corrected chi connectivity index (χ1v) is 5.40. The highest BCUT2D eigenvalue weighted by Crippen LogP contribution is 2.26. The van der Waals surface area contributed by atoms with Gasteiger partial charge in [-0.1, -0.05) is 0 Å². The van der Waals surface area contributed by atoms with Gasteiger partial charge in [0.25, 0.3) is 0 Å². The zero-order valence-corrected chi connectivity index (χ0v) is 9.55.